The van der Waals surface area contributed by atoms with Crippen LogP contribution in [0, 0.1) is 0 Å². The van der Waals surface area contributed by atoms with Gasteiger partial charge in [0.05, 0.1) is 0 Å². The van der Waals surface area contributed by atoms with Gasteiger partial charge in [0.25, 0.3) is 0 Å². The number of hydrogen-bond acceptors (Lipinski definition) is 6. The van der Waals surface area contributed by atoms with Crippen LogP contribution in [0.3, 0.4) is 0 Å². The van der Waals surface area contributed by atoms with Crippen molar-refractivity contribution in [1.82, 2.24) is 0 Å². The standard InChI is InChI=1S/C75H144O6/c1-4-7-10-13-16-19-22-25-28-31-34-35-36-37-38-39-40-41-42-45-47-50-53-56-59-62-65-68-74(77)80-71-72(81-75(78)69-66-63-60-57-54-51-48-44-33-30-27-24-21-18-15-12-9-6-3)70-79-73(76)67-64-61-58-55-52-49-46-43-32-29-26-23-20-17-14-11-8-5-2/h30,33,72H,4-29,31-32,34-71H2,1-3H3/b33-30-. The molecule has 0 saturated carbocycles. The topological polar surface area (TPSA) is 78.9 Å². The molecule has 0 bridgehead atoms. The molecule has 0 aromatic rings. The van der Waals surface area contributed by atoms with Gasteiger partial charge in [-0.3, -0.25) is 14.4 Å². The summed E-state index contributed by atoms with van der Waals surface area (Å²) >= 11 is 0. The van der Waals surface area contributed by atoms with Crippen molar-refractivity contribution in [3.8, 4) is 0 Å². The summed E-state index contributed by atoms with van der Waals surface area (Å²) in [5, 5.41) is 0. The minimum Gasteiger partial charge on any atom is -0.462 e. The molecule has 0 aliphatic rings. The van der Waals surface area contributed by atoms with Gasteiger partial charge in [-0.15, -0.1) is 0 Å². The number of unbranched alkanes of at least 4 members (excludes halogenated alkanes) is 57. The zero-order chi connectivity index (χ0) is 58.5. The van der Waals surface area contributed by atoms with E-state index < -0.39 is 6.10 Å². The fourth-order valence-corrected chi connectivity index (χ4v) is 11.7. The Morgan fingerprint density at radius 3 is 0.617 bits per heavy atom. The first-order chi connectivity index (χ1) is 40.0. The first-order valence-corrected chi connectivity index (χ1v) is 37.2. The Morgan fingerprint density at radius 2 is 0.407 bits per heavy atom. The summed E-state index contributed by atoms with van der Waals surface area (Å²) in [6.45, 7) is 6.74. The van der Waals surface area contributed by atoms with Crippen LogP contribution in [0.5, 0.6) is 0 Å². The van der Waals surface area contributed by atoms with Gasteiger partial charge in [-0.25, -0.2) is 0 Å². The fraction of sp³-hybridized carbons (Fsp3) is 0.933. The third-order valence-electron chi connectivity index (χ3n) is 17.3. The molecule has 480 valence electrons. The summed E-state index contributed by atoms with van der Waals surface area (Å²) in [6, 6.07) is 0. The maximum atomic E-state index is 13.0. The lowest BCUT2D eigenvalue weighted by Gasteiger charge is -2.18. The van der Waals surface area contributed by atoms with Crippen molar-refractivity contribution in [2.45, 2.75) is 438 Å². The minimum absolute atomic E-state index is 0.0646. The lowest BCUT2D eigenvalue weighted by molar-refractivity contribution is -0.167. The maximum absolute atomic E-state index is 13.0. The molecule has 0 aliphatic carbocycles. The van der Waals surface area contributed by atoms with Crippen LogP contribution in [-0.2, 0) is 28.6 Å². The summed E-state index contributed by atoms with van der Waals surface area (Å²) < 4.78 is 17.0. The molecule has 0 saturated heterocycles. The second-order valence-electron chi connectivity index (χ2n) is 25.6. The van der Waals surface area contributed by atoms with E-state index in [0.29, 0.717) is 19.3 Å². The normalized spacial score (nSPS) is 12.0. The number of ether oxygens (including phenoxy) is 3. The third kappa shape index (κ3) is 68.8. The Labute approximate surface area is 507 Å². The summed E-state index contributed by atoms with van der Waals surface area (Å²) in [4.78, 5) is 38.5. The van der Waals surface area contributed by atoms with E-state index in [4.69, 9.17) is 14.2 Å². The molecular formula is C75H144O6. The highest BCUT2D eigenvalue weighted by Crippen LogP contribution is 2.19. The third-order valence-corrected chi connectivity index (χ3v) is 17.3. The van der Waals surface area contributed by atoms with Crippen molar-refractivity contribution < 1.29 is 28.6 Å². The van der Waals surface area contributed by atoms with E-state index in [9.17, 15) is 14.4 Å². The summed E-state index contributed by atoms with van der Waals surface area (Å²) in [5.41, 5.74) is 0. The molecule has 6 heteroatoms. The maximum Gasteiger partial charge on any atom is 0.306 e. The smallest absolute Gasteiger partial charge is 0.306 e. The quantitative estimate of drug-likeness (QED) is 0.0261. The lowest BCUT2D eigenvalue weighted by atomic mass is 10.0. The second-order valence-corrected chi connectivity index (χ2v) is 25.6. The Kier molecular flexibility index (Phi) is 69.0. The number of carbonyl (C=O) groups excluding carboxylic acids is 3. The molecular weight excluding hydrogens is 997 g/mol. The predicted octanol–water partition coefficient (Wildman–Crippen LogP) is 25.6. The summed E-state index contributed by atoms with van der Waals surface area (Å²) in [5.74, 6) is -0.830. The van der Waals surface area contributed by atoms with Crippen molar-refractivity contribution in [2.75, 3.05) is 13.2 Å². The highest BCUT2D eigenvalue weighted by Gasteiger charge is 2.20. The van der Waals surface area contributed by atoms with Gasteiger partial charge in [0.2, 0.25) is 0 Å². The second kappa shape index (κ2) is 70.6. The molecule has 0 rings (SSSR count). The Balaban J connectivity index is 4.22. The van der Waals surface area contributed by atoms with Crippen LogP contribution in [0.25, 0.3) is 0 Å². The van der Waals surface area contributed by atoms with Crippen LogP contribution in [0.4, 0.5) is 0 Å². The van der Waals surface area contributed by atoms with Crippen LogP contribution in [0.1, 0.15) is 432 Å². The number of esters is 3. The van der Waals surface area contributed by atoms with Crippen molar-refractivity contribution >= 4 is 17.9 Å². The van der Waals surface area contributed by atoms with Gasteiger partial charge in [0.1, 0.15) is 13.2 Å². The molecule has 0 N–H and O–H groups in total. The van der Waals surface area contributed by atoms with Crippen molar-refractivity contribution in [3.63, 3.8) is 0 Å². The minimum atomic E-state index is -0.769. The fourth-order valence-electron chi connectivity index (χ4n) is 11.7. The van der Waals surface area contributed by atoms with Gasteiger partial charge in [-0.2, -0.15) is 0 Å². The average molecular weight is 1140 g/mol. The lowest BCUT2D eigenvalue weighted by Crippen LogP contribution is -2.30. The van der Waals surface area contributed by atoms with E-state index in [1.165, 1.54) is 334 Å². The van der Waals surface area contributed by atoms with Crippen LogP contribution in [-0.4, -0.2) is 37.2 Å². The number of allylic oxidation sites excluding steroid dienone is 2. The van der Waals surface area contributed by atoms with Crippen LogP contribution >= 0.6 is 0 Å². The molecule has 0 heterocycles. The highest BCUT2D eigenvalue weighted by atomic mass is 16.6. The Morgan fingerprint density at radius 1 is 0.235 bits per heavy atom. The largest absolute Gasteiger partial charge is 0.462 e. The molecule has 81 heavy (non-hydrogen) atoms. The van der Waals surface area contributed by atoms with E-state index in [2.05, 4.69) is 32.9 Å². The van der Waals surface area contributed by atoms with E-state index in [0.717, 1.165) is 57.8 Å². The summed E-state index contributed by atoms with van der Waals surface area (Å²) in [6.07, 6.45) is 85.4. The van der Waals surface area contributed by atoms with E-state index in [1.807, 2.05) is 0 Å². The number of hydrogen-bond donors (Lipinski definition) is 0. The first kappa shape index (κ1) is 79.2. The molecule has 0 fully saturated rings. The first-order valence-electron chi connectivity index (χ1n) is 37.2. The van der Waals surface area contributed by atoms with Gasteiger partial charge in [-0.1, -0.05) is 380 Å². The van der Waals surface area contributed by atoms with Gasteiger partial charge in [-0.05, 0) is 44.9 Å². The average Bonchev–Trinajstić information content (AvgIpc) is 3.47. The number of carbonyl (C=O) groups is 3. The molecule has 1 atom stereocenters. The SMILES string of the molecule is CCCCCCCCC/C=C\CCCCCCCCCC(=O)OC(COC(=O)CCCCCCCCCCCCCCCCCCCC)COC(=O)CCCCCCCCCCCCCCCCCCCCCCCCCCCCC. The Hall–Kier alpha value is -1.85. The molecule has 0 spiro atoms. The molecule has 0 radical (unpaired) electrons. The predicted molar refractivity (Wildman–Crippen MR) is 353 cm³/mol. The van der Waals surface area contributed by atoms with Gasteiger partial charge >= 0.3 is 17.9 Å². The highest BCUT2D eigenvalue weighted by molar-refractivity contribution is 5.71. The van der Waals surface area contributed by atoms with E-state index in [1.54, 1.807) is 0 Å². The van der Waals surface area contributed by atoms with Gasteiger partial charge in [0.15, 0.2) is 6.10 Å². The van der Waals surface area contributed by atoms with Gasteiger partial charge in [0, 0.05) is 19.3 Å². The summed E-state index contributed by atoms with van der Waals surface area (Å²) in [7, 11) is 0. The van der Waals surface area contributed by atoms with Crippen LogP contribution in [0.2, 0.25) is 0 Å². The van der Waals surface area contributed by atoms with Crippen LogP contribution in [0.15, 0.2) is 12.2 Å². The van der Waals surface area contributed by atoms with E-state index >= 15 is 0 Å². The number of rotatable bonds is 70. The molecule has 0 aromatic carbocycles. The molecule has 6 nitrogen and oxygen atoms in total. The van der Waals surface area contributed by atoms with Crippen molar-refractivity contribution in [3.05, 3.63) is 12.2 Å². The van der Waals surface area contributed by atoms with Gasteiger partial charge < -0.3 is 14.2 Å². The molecule has 1 unspecified atom stereocenters. The zero-order valence-electron chi connectivity index (χ0n) is 55.4. The van der Waals surface area contributed by atoms with Crippen molar-refractivity contribution in [2.24, 2.45) is 0 Å². The monoisotopic (exact) mass is 1140 g/mol. The van der Waals surface area contributed by atoms with Crippen LogP contribution < -0.4 is 0 Å². The molecule has 0 amide bonds. The molecule has 0 aliphatic heterocycles. The zero-order valence-corrected chi connectivity index (χ0v) is 55.4. The van der Waals surface area contributed by atoms with Crippen molar-refractivity contribution in [1.29, 1.82) is 0 Å². The molecule has 0 aromatic heterocycles. The van der Waals surface area contributed by atoms with E-state index in [-0.39, 0.29) is 31.1 Å². The Bertz CT molecular complexity index is 1260.